The standard InChI is InChI=1S/C17H21N3O5/c18-13(21)10-20-15(23)12-4-2-11(3-5-12)9-19-14(22)8-17(16(24)25)6-1-7-17/h2-5H,1,6-10H2,(H2,18,21)(H,19,22)(H,20,23)(H,24,25). The number of carbonyl (C=O) groups is 4. The third kappa shape index (κ3) is 4.79. The van der Waals surface area contributed by atoms with Crippen molar-refractivity contribution in [1.82, 2.24) is 10.6 Å². The van der Waals surface area contributed by atoms with Crippen molar-refractivity contribution in [3.8, 4) is 0 Å². The normalized spacial score (nSPS) is 14.9. The third-order valence-electron chi connectivity index (χ3n) is 4.39. The van der Waals surface area contributed by atoms with E-state index in [0.717, 1.165) is 12.0 Å². The number of hydrogen-bond acceptors (Lipinski definition) is 4. The minimum atomic E-state index is -0.916. The molecule has 1 aromatic rings. The molecule has 8 nitrogen and oxygen atoms in total. The predicted molar refractivity (Wildman–Crippen MR) is 88.4 cm³/mol. The Balaban J connectivity index is 1.83. The quantitative estimate of drug-likeness (QED) is 0.531. The highest BCUT2D eigenvalue weighted by atomic mass is 16.4. The maximum absolute atomic E-state index is 12.0. The molecule has 0 spiro atoms. The molecule has 0 bridgehead atoms. The van der Waals surface area contributed by atoms with E-state index in [1.807, 2.05) is 0 Å². The number of aliphatic carboxylic acids is 1. The fourth-order valence-electron chi connectivity index (χ4n) is 2.68. The molecule has 1 saturated carbocycles. The van der Waals surface area contributed by atoms with Gasteiger partial charge in [-0.3, -0.25) is 19.2 Å². The zero-order valence-corrected chi connectivity index (χ0v) is 13.7. The SMILES string of the molecule is NC(=O)CNC(=O)c1ccc(CNC(=O)CC2(C(=O)O)CCC2)cc1. The van der Waals surface area contributed by atoms with E-state index in [0.29, 0.717) is 18.4 Å². The fourth-order valence-corrected chi connectivity index (χ4v) is 2.68. The Bertz CT molecular complexity index is 680. The molecule has 1 aliphatic carbocycles. The molecule has 1 fully saturated rings. The van der Waals surface area contributed by atoms with Crippen molar-refractivity contribution in [2.75, 3.05) is 6.54 Å². The Kier molecular flexibility index (Phi) is 5.74. The summed E-state index contributed by atoms with van der Waals surface area (Å²) >= 11 is 0. The second-order valence-corrected chi connectivity index (χ2v) is 6.24. The molecule has 5 N–H and O–H groups in total. The summed E-state index contributed by atoms with van der Waals surface area (Å²) in [7, 11) is 0. The fraction of sp³-hybridized carbons (Fsp3) is 0.412. The third-order valence-corrected chi connectivity index (χ3v) is 4.39. The molecule has 0 unspecified atom stereocenters. The second kappa shape index (κ2) is 7.78. The highest BCUT2D eigenvalue weighted by Gasteiger charge is 2.45. The molecule has 0 aromatic heterocycles. The van der Waals surface area contributed by atoms with Crippen LogP contribution >= 0.6 is 0 Å². The number of rotatable bonds is 8. The number of benzene rings is 1. The Morgan fingerprint density at radius 2 is 1.72 bits per heavy atom. The van der Waals surface area contributed by atoms with Gasteiger partial charge in [0, 0.05) is 18.5 Å². The summed E-state index contributed by atoms with van der Waals surface area (Å²) in [6, 6.07) is 6.50. The largest absolute Gasteiger partial charge is 0.481 e. The maximum atomic E-state index is 12.0. The summed E-state index contributed by atoms with van der Waals surface area (Å²) in [5.74, 6) is -2.26. The minimum Gasteiger partial charge on any atom is -0.481 e. The van der Waals surface area contributed by atoms with E-state index in [-0.39, 0.29) is 25.4 Å². The first-order valence-corrected chi connectivity index (χ1v) is 7.98. The number of hydrogen-bond donors (Lipinski definition) is 4. The molecule has 134 valence electrons. The van der Waals surface area contributed by atoms with E-state index in [1.54, 1.807) is 24.3 Å². The van der Waals surface area contributed by atoms with Crippen molar-refractivity contribution in [2.45, 2.75) is 32.2 Å². The Hall–Kier alpha value is -2.90. The lowest BCUT2D eigenvalue weighted by Gasteiger charge is -2.36. The summed E-state index contributed by atoms with van der Waals surface area (Å²) in [6.45, 7) is 0.0136. The molecule has 1 aromatic carbocycles. The van der Waals surface area contributed by atoms with Crippen LogP contribution in [0.4, 0.5) is 0 Å². The van der Waals surface area contributed by atoms with E-state index in [9.17, 15) is 24.3 Å². The summed E-state index contributed by atoms with van der Waals surface area (Å²) < 4.78 is 0. The number of amides is 3. The lowest BCUT2D eigenvalue weighted by molar-refractivity contribution is -0.157. The molecule has 2 rings (SSSR count). The molecule has 0 radical (unpaired) electrons. The maximum Gasteiger partial charge on any atom is 0.310 e. The predicted octanol–water partition coefficient (Wildman–Crippen LogP) is 0.163. The van der Waals surface area contributed by atoms with Gasteiger partial charge in [-0.05, 0) is 30.5 Å². The van der Waals surface area contributed by atoms with Crippen LogP contribution in [0.5, 0.6) is 0 Å². The van der Waals surface area contributed by atoms with Crippen molar-refractivity contribution in [3.05, 3.63) is 35.4 Å². The van der Waals surface area contributed by atoms with E-state index >= 15 is 0 Å². The summed E-state index contributed by atoms with van der Waals surface area (Å²) in [4.78, 5) is 45.6. The van der Waals surface area contributed by atoms with Crippen LogP contribution in [0.15, 0.2) is 24.3 Å². The second-order valence-electron chi connectivity index (χ2n) is 6.24. The highest BCUT2D eigenvalue weighted by molar-refractivity contribution is 5.96. The Morgan fingerprint density at radius 1 is 1.08 bits per heavy atom. The lowest BCUT2D eigenvalue weighted by Crippen LogP contribution is -2.42. The van der Waals surface area contributed by atoms with E-state index in [2.05, 4.69) is 10.6 Å². The number of carboxylic acid groups (broad SMARTS) is 1. The lowest BCUT2D eigenvalue weighted by atomic mass is 9.66. The first kappa shape index (κ1) is 18.4. The number of carboxylic acids is 1. The van der Waals surface area contributed by atoms with Crippen molar-refractivity contribution in [2.24, 2.45) is 11.1 Å². The molecular formula is C17H21N3O5. The van der Waals surface area contributed by atoms with Crippen molar-refractivity contribution in [1.29, 1.82) is 0 Å². The van der Waals surface area contributed by atoms with Crippen LogP contribution in [-0.2, 0) is 20.9 Å². The number of nitrogens with two attached hydrogens (primary N) is 1. The monoisotopic (exact) mass is 347 g/mol. The van der Waals surface area contributed by atoms with Gasteiger partial charge < -0.3 is 21.5 Å². The van der Waals surface area contributed by atoms with Gasteiger partial charge in [0.15, 0.2) is 0 Å². The molecular weight excluding hydrogens is 326 g/mol. The van der Waals surface area contributed by atoms with Gasteiger partial charge in [0.2, 0.25) is 11.8 Å². The Labute approximate surface area is 144 Å². The van der Waals surface area contributed by atoms with Crippen molar-refractivity contribution in [3.63, 3.8) is 0 Å². The smallest absolute Gasteiger partial charge is 0.310 e. The van der Waals surface area contributed by atoms with Gasteiger partial charge in [0.05, 0.1) is 12.0 Å². The van der Waals surface area contributed by atoms with Crippen LogP contribution in [0.25, 0.3) is 0 Å². The number of nitrogens with one attached hydrogen (secondary N) is 2. The van der Waals surface area contributed by atoms with Gasteiger partial charge in [-0.2, -0.15) is 0 Å². The topological polar surface area (TPSA) is 139 Å². The molecule has 0 atom stereocenters. The highest BCUT2D eigenvalue weighted by Crippen LogP contribution is 2.44. The van der Waals surface area contributed by atoms with Gasteiger partial charge in [-0.25, -0.2) is 0 Å². The van der Waals surface area contributed by atoms with Crippen molar-refractivity contribution < 1.29 is 24.3 Å². The minimum absolute atomic E-state index is 0.0179. The van der Waals surface area contributed by atoms with E-state index in [4.69, 9.17) is 5.73 Å². The van der Waals surface area contributed by atoms with E-state index in [1.165, 1.54) is 0 Å². The van der Waals surface area contributed by atoms with Gasteiger partial charge in [0.1, 0.15) is 0 Å². The summed E-state index contributed by atoms with van der Waals surface area (Å²) in [5, 5.41) is 14.3. The van der Waals surface area contributed by atoms with Crippen LogP contribution < -0.4 is 16.4 Å². The molecule has 0 heterocycles. The zero-order chi connectivity index (χ0) is 18.4. The van der Waals surface area contributed by atoms with Crippen LogP contribution in [0.3, 0.4) is 0 Å². The molecule has 1 aliphatic rings. The average molecular weight is 347 g/mol. The summed E-state index contributed by atoms with van der Waals surface area (Å²) in [5.41, 5.74) is 5.19. The molecule has 25 heavy (non-hydrogen) atoms. The first-order valence-electron chi connectivity index (χ1n) is 7.98. The number of primary amides is 1. The van der Waals surface area contributed by atoms with Gasteiger partial charge >= 0.3 is 5.97 Å². The van der Waals surface area contributed by atoms with Crippen LogP contribution in [0.1, 0.15) is 41.6 Å². The molecule has 0 saturated heterocycles. The first-order chi connectivity index (χ1) is 11.8. The van der Waals surface area contributed by atoms with Crippen LogP contribution in [0.2, 0.25) is 0 Å². The average Bonchev–Trinajstić information content (AvgIpc) is 2.54. The van der Waals surface area contributed by atoms with Crippen LogP contribution in [0, 0.1) is 5.41 Å². The Morgan fingerprint density at radius 3 is 2.20 bits per heavy atom. The van der Waals surface area contributed by atoms with Crippen LogP contribution in [-0.4, -0.2) is 35.3 Å². The molecule has 0 aliphatic heterocycles. The van der Waals surface area contributed by atoms with Crippen molar-refractivity contribution >= 4 is 23.7 Å². The van der Waals surface area contributed by atoms with Gasteiger partial charge in [0.25, 0.3) is 5.91 Å². The van der Waals surface area contributed by atoms with Gasteiger partial charge in [-0.15, -0.1) is 0 Å². The molecule has 3 amide bonds. The number of carbonyl (C=O) groups excluding carboxylic acids is 3. The zero-order valence-electron chi connectivity index (χ0n) is 13.7. The van der Waals surface area contributed by atoms with Gasteiger partial charge in [-0.1, -0.05) is 18.6 Å². The summed E-state index contributed by atoms with van der Waals surface area (Å²) in [6.07, 6.45) is 1.88. The molecule has 8 heteroatoms. The van der Waals surface area contributed by atoms with E-state index < -0.39 is 23.2 Å².